The zero-order valence-corrected chi connectivity index (χ0v) is 14.5. The van der Waals surface area contributed by atoms with Crippen LogP contribution in [-0.4, -0.2) is 50.3 Å². The highest BCUT2D eigenvalue weighted by Gasteiger charge is 2.31. The number of nitrogens with one attached hydrogen (secondary N) is 1. The Morgan fingerprint density at radius 1 is 1.35 bits per heavy atom. The zero-order chi connectivity index (χ0) is 15.2. The highest BCUT2D eigenvalue weighted by molar-refractivity contribution is 4.88. The van der Waals surface area contributed by atoms with Crippen molar-refractivity contribution in [3.8, 4) is 0 Å². The van der Waals surface area contributed by atoms with E-state index in [0.717, 1.165) is 25.5 Å². The third kappa shape index (κ3) is 6.11. The first-order valence-corrected chi connectivity index (χ1v) is 8.34. The minimum Gasteiger partial charge on any atom is -0.385 e. The Morgan fingerprint density at radius 2 is 2.05 bits per heavy atom. The molecular formula is C17H36N2O. The van der Waals surface area contributed by atoms with Gasteiger partial charge in [0.1, 0.15) is 0 Å². The maximum Gasteiger partial charge on any atom is 0.0467 e. The lowest BCUT2D eigenvalue weighted by molar-refractivity contribution is 0.0598. The average molecular weight is 284 g/mol. The summed E-state index contributed by atoms with van der Waals surface area (Å²) in [7, 11) is 1.80. The molecule has 1 N–H and O–H groups in total. The highest BCUT2D eigenvalue weighted by Crippen LogP contribution is 2.25. The smallest absolute Gasteiger partial charge is 0.0467 e. The van der Waals surface area contributed by atoms with Gasteiger partial charge in [-0.1, -0.05) is 34.6 Å². The Balaban J connectivity index is 2.57. The monoisotopic (exact) mass is 284 g/mol. The van der Waals surface area contributed by atoms with E-state index < -0.39 is 0 Å². The molecule has 2 unspecified atom stereocenters. The number of hydrogen-bond donors (Lipinski definition) is 1. The first-order valence-electron chi connectivity index (χ1n) is 8.34. The summed E-state index contributed by atoms with van der Waals surface area (Å²) in [5.41, 5.74) is 0.336. The summed E-state index contributed by atoms with van der Waals surface area (Å²) in [6.07, 6.45) is 3.66. The molecule has 120 valence electrons. The van der Waals surface area contributed by atoms with E-state index in [2.05, 4.69) is 44.8 Å². The van der Waals surface area contributed by atoms with Gasteiger partial charge in [-0.2, -0.15) is 0 Å². The second kappa shape index (κ2) is 8.35. The molecule has 0 amide bonds. The van der Waals surface area contributed by atoms with Crippen molar-refractivity contribution >= 4 is 0 Å². The maximum absolute atomic E-state index is 5.26. The Labute approximate surface area is 126 Å². The minimum atomic E-state index is 0.336. The van der Waals surface area contributed by atoms with Gasteiger partial charge < -0.3 is 10.1 Å². The van der Waals surface area contributed by atoms with Crippen molar-refractivity contribution in [1.29, 1.82) is 0 Å². The second-order valence-corrected chi connectivity index (χ2v) is 7.63. The van der Waals surface area contributed by atoms with Crippen molar-refractivity contribution in [2.75, 3.05) is 33.4 Å². The Hall–Kier alpha value is -0.120. The molecule has 0 aromatic heterocycles. The summed E-state index contributed by atoms with van der Waals surface area (Å²) in [6.45, 7) is 16.1. The van der Waals surface area contributed by atoms with Crippen LogP contribution in [0.1, 0.15) is 53.9 Å². The van der Waals surface area contributed by atoms with Gasteiger partial charge in [0.15, 0.2) is 0 Å². The average Bonchev–Trinajstić information content (AvgIpc) is 2.35. The molecule has 0 spiro atoms. The molecule has 1 heterocycles. The first kappa shape index (κ1) is 17.9. The molecule has 1 aliphatic rings. The second-order valence-electron chi connectivity index (χ2n) is 7.63. The third-order valence-electron chi connectivity index (χ3n) is 4.45. The molecule has 1 saturated heterocycles. The van der Waals surface area contributed by atoms with Gasteiger partial charge in [0.2, 0.25) is 0 Å². The van der Waals surface area contributed by atoms with Crippen LogP contribution in [0.2, 0.25) is 0 Å². The van der Waals surface area contributed by atoms with E-state index in [4.69, 9.17) is 4.74 Å². The fourth-order valence-corrected chi connectivity index (χ4v) is 3.26. The van der Waals surface area contributed by atoms with E-state index in [-0.39, 0.29) is 0 Å². The van der Waals surface area contributed by atoms with E-state index in [9.17, 15) is 0 Å². The highest BCUT2D eigenvalue weighted by atomic mass is 16.5. The molecule has 3 nitrogen and oxygen atoms in total. The van der Waals surface area contributed by atoms with E-state index in [1.807, 2.05) is 0 Å². The Bertz CT molecular complexity index is 266. The van der Waals surface area contributed by atoms with E-state index in [1.54, 1.807) is 7.11 Å². The van der Waals surface area contributed by atoms with Crippen molar-refractivity contribution < 1.29 is 4.74 Å². The van der Waals surface area contributed by atoms with Crippen LogP contribution in [-0.2, 0) is 4.74 Å². The molecule has 20 heavy (non-hydrogen) atoms. The van der Waals surface area contributed by atoms with Crippen molar-refractivity contribution in [3.63, 3.8) is 0 Å². The molecule has 0 bridgehead atoms. The SMILES string of the molecule is CCC1CNC(CC(C)C)CN1CC(C)(C)CCOC. The fraction of sp³-hybridized carbons (Fsp3) is 1.00. The van der Waals surface area contributed by atoms with E-state index in [1.165, 1.54) is 25.9 Å². The lowest BCUT2D eigenvalue weighted by Crippen LogP contribution is -2.58. The van der Waals surface area contributed by atoms with Gasteiger partial charge in [-0.15, -0.1) is 0 Å². The number of nitrogens with zero attached hydrogens (tertiary/aromatic N) is 1. The molecule has 0 aliphatic carbocycles. The standard InChI is InChI=1S/C17H36N2O/c1-7-16-11-18-15(10-14(2)3)12-19(16)13-17(4,5)8-9-20-6/h14-16,18H,7-13H2,1-6H3. The first-order chi connectivity index (χ1) is 9.38. The van der Waals surface area contributed by atoms with Crippen LogP contribution in [0, 0.1) is 11.3 Å². The molecule has 1 fully saturated rings. The summed E-state index contributed by atoms with van der Waals surface area (Å²) in [5, 5.41) is 3.74. The van der Waals surface area contributed by atoms with Crippen molar-refractivity contribution in [2.45, 2.75) is 66.0 Å². The fourth-order valence-electron chi connectivity index (χ4n) is 3.26. The van der Waals surface area contributed by atoms with Crippen LogP contribution in [0.3, 0.4) is 0 Å². The predicted molar refractivity (Wildman–Crippen MR) is 87.2 cm³/mol. The van der Waals surface area contributed by atoms with Gasteiger partial charge in [-0.3, -0.25) is 4.90 Å². The lowest BCUT2D eigenvalue weighted by Gasteiger charge is -2.44. The number of hydrogen-bond acceptors (Lipinski definition) is 3. The number of piperazine rings is 1. The van der Waals surface area contributed by atoms with Crippen LogP contribution >= 0.6 is 0 Å². The van der Waals surface area contributed by atoms with Crippen LogP contribution in [0.15, 0.2) is 0 Å². The van der Waals surface area contributed by atoms with Crippen molar-refractivity contribution in [3.05, 3.63) is 0 Å². The molecule has 1 aliphatic heterocycles. The van der Waals surface area contributed by atoms with Gasteiger partial charge in [0.25, 0.3) is 0 Å². The normalized spacial score (nSPS) is 25.4. The Morgan fingerprint density at radius 3 is 2.60 bits per heavy atom. The van der Waals surface area contributed by atoms with Gasteiger partial charge in [0, 0.05) is 45.4 Å². The summed E-state index contributed by atoms with van der Waals surface area (Å²) < 4.78 is 5.26. The van der Waals surface area contributed by atoms with Crippen molar-refractivity contribution in [2.24, 2.45) is 11.3 Å². The van der Waals surface area contributed by atoms with Crippen LogP contribution in [0.4, 0.5) is 0 Å². The van der Waals surface area contributed by atoms with Crippen molar-refractivity contribution in [1.82, 2.24) is 10.2 Å². The molecule has 0 saturated carbocycles. The van der Waals surface area contributed by atoms with Gasteiger partial charge >= 0.3 is 0 Å². The number of methoxy groups -OCH3 is 1. The van der Waals surface area contributed by atoms with Crippen LogP contribution in [0.25, 0.3) is 0 Å². The molecular weight excluding hydrogens is 248 g/mol. The van der Waals surface area contributed by atoms with Crippen LogP contribution < -0.4 is 5.32 Å². The summed E-state index contributed by atoms with van der Waals surface area (Å²) in [4.78, 5) is 2.72. The maximum atomic E-state index is 5.26. The molecule has 1 rings (SSSR count). The summed E-state index contributed by atoms with van der Waals surface area (Å²) in [5.74, 6) is 0.772. The molecule has 2 atom stereocenters. The summed E-state index contributed by atoms with van der Waals surface area (Å²) >= 11 is 0. The topological polar surface area (TPSA) is 24.5 Å². The van der Waals surface area contributed by atoms with Gasteiger partial charge in [-0.05, 0) is 30.6 Å². The zero-order valence-electron chi connectivity index (χ0n) is 14.5. The molecule has 0 aromatic rings. The largest absolute Gasteiger partial charge is 0.385 e. The molecule has 0 radical (unpaired) electrons. The lowest BCUT2D eigenvalue weighted by atomic mass is 9.87. The van der Waals surface area contributed by atoms with Gasteiger partial charge in [-0.25, -0.2) is 0 Å². The van der Waals surface area contributed by atoms with Gasteiger partial charge in [0.05, 0.1) is 0 Å². The Kier molecular flexibility index (Phi) is 7.49. The summed E-state index contributed by atoms with van der Waals surface area (Å²) in [6, 6.07) is 1.36. The quantitative estimate of drug-likeness (QED) is 0.741. The van der Waals surface area contributed by atoms with E-state index in [0.29, 0.717) is 17.5 Å². The number of rotatable bonds is 8. The number of ether oxygens (including phenoxy) is 1. The van der Waals surface area contributed by atoms with E-state index >= 15 is 0 Å². The molecule has 0 aromatic carbocycles. The minimum absolute atomic E-state index is 0.336. The third-order valence-corrected chi connectivity index (χ3v) is 4.45. The van der Waals surface area contributed by atoms with Crippen LogP contribution in [0.5, 0.6) is 0 Å². The predicted octanol–water partition coefficient (Wildman–Crippen LogP) is 3.15. The molecule has 3 heteroatoms.